The first-order chi connectivity index (χ1) is 13.6. The third-order valence-corrected chi connectivity index (χ3v) is 4.84. The summed E-state index contributed by atoms with van der Waals surface area (Å²) in [5.41, 5.74) is 2.16. The Hall–Kier alpha value is -3.00. The van der Waals surface area contributed by atoms with Gasteiger partial charge in [0.25, 0.3) is 5.91 Å². The van der Waals surface area contributed by atoms with E-state index in [2.05, 4.69) is 10.3 Å². The maximum Gasteiger partial charge on any atom is 0.340 e. The molecule has 1 unspecified atom stereocenters. The van der Waals surface area contributed by atoms with E-state index >= 15 is 0 Å². The van der Waals surface area contributed by atoms with Crippen LogP contribution in [0.4, 0.5) is 10.1 Å². The minimum atomic E-state index is -0.542. The molecule has 1 amide bonds. The van der Waals surface area contributed by atoms with Gasteiger partial charge in [0.1, 0.15) is 5.82 Å². The van der Waals surface area contributed by atoms with Crippen molar-refractivity contribution < 1.29 is 28.4 Å². The number of amides is 1. The number of benzene rings is 1. The highest BCUT2D eigenvalue weighted by Gasteiger charge is 2.30. The zero-order valence-corrected chi connectivity index (χ0v) is 17.3. The lowest BCUT2D eigenvalue weighted by Gasteiger charge is -2.20. The minimum Gasteiger partial charge on any atom is -0.462 e. The summed E-state index contributed by atoms with van der Waals surface area (Å²) in [6.45, 7) is 7.11. The van der Waals surface area contributed by atoms with E-state index in [1.165, 1.54) is 18.2 Å². The topological polar surface area (TPSA) is 92.7 Å². The summed E-state index contributed by atoms with van der Waals surface area (Å²) in [5.74, 6) is -1.46. The molecule has 0 fully saturated rings. The predicted octanol–water partition coefficient (Wildman–Crippen LogP) is 1.67. The molecule has 8 heteroatoms. The van der Waals surface area contributed by atoms with Gasteiger partial charge in [0.05, 0.1) is 24.9 Å². The summed E-state index contributed by atoms with van der Waals surface area (Å²) in [4.78, 5) is 41.0. The summed E-state index contributed by atoms with van der Waals surface area (Å²) >= 11 is 0. The zero-order chi connectivity index (χ0) is 21.7. The van der Waals surface area contributed by atoms with Crippen LogP contribution in [0.3, 0.4) is 0 Å². The number of Topliss-reactive ketones (excluding diaryl/α,β-unsaturated/α-hetero) is 1. The lowest BCUT2D eigenvalue weighted by atomic mass is 10.0. The van der Waals surface area contributed by atoms with E-state index in [0.717, 1.165) is 0 Å². The summed E-state index contributed by atoms with van der Waals surface area (Å²) in [6, 6.07) is 5.07. The normalized spacial score (nSPS) is 12.9. The Morgan fingerprint density at radius 1 is 1.28 bits per heavy atom. The second-order valence-corrected chi connectivity index (χ2v) is 7.01. The highest BCUT2D eigenvalue weighted by atomic mass is 19.1. The summed E-state index contributed by atoms with van der Waals surface area (Å²) in [6.07, 6.45) is 0. The predicted molar refractivity (Wildman–Crippen MR) is 107 cm³/mol. The third kappa shape index (κ3) is 5.29. The average Bonchev–Trinajstić information content (AvgIpc) is 2.94. The second kappa shape index (κ2) is 9.47. The van der Waals surface area contributed by atoms with Crippen molar-refractivity contribution in [3.8, 4) is 0 Å². The van der Waals surface area contributed by atoms with Crippen LogP contribution in [0.5, 0.6) is 0 Å². The van der Waals surface area contributed by atoms with Crippen LogP contribution in [-0.4, -0.2) is 48.9 Å². The number of aromatic amines is 1. The first-order valence-corrected chi connectivity index (χ1v) is 9.43. The Kier molecular flexibility index (Phi) is 7.28. The van der Waals surface area contributed by atoms with Crippen LogP contribution in [0.1, 0.15) is 46.0 Å². The number of carbonyl (C=O) groups is 3. The Morgan fingerprint density at radius 3 is 2.59 bits per heavy atom. The number of likely N-dealkylation sites (N-methyl/N-ethyl adjacent to an activating group) is 1. The van der Waals surface area contributed by atoms with E-state index < -0.39 is 17.8 Å². The number of hydrogen-bond donors (Lipinski definition) is 3. The SMILES string of the molecule is CCOC(=O)c1c(C)[nH]c(C(=O)[C@@H](C)[NH+](C)CC(=O)Nc2cccc(F)c2)c1C. The van der Waals surface area contributed by atoms with Crippen molar-refractivity contribution >= 4 is 23.3 Å². The standard InChI is InChI=1S/C21H26FN3O4/c1-6-29-21(28)18-12(2)19(23-13(18)3)20(27)14(4)25(5)11-17(26)24-16-9-7-8-15(22)10-16/h7-10,14,23H,6,11H2,1-5H3,(H,24,26)/p+1/t14-/m1/s1. The van der Waals surface area contributed by atoms with Gasteiger partial charge in [0.2, 0.25) is 5.78 Å². The van der Waals surface area contributed by atoms with E-state index in [1.807, 2.05) is 0 Å². The van der Waals surface area contributed by atoms with E-state index in [4.69, 9.17) is 4.74 Å². The fourth-order valence-corrected chi connectivity index (χ4v) is 3.12. The smallest absolute Gasteiger partial charge is 0.340 e. The number of anilines is 1. The Morgan fingerprint density at radius 2 is 1.97 bits per heavy atom. The first-order valence-electron chi connectivity index (χ1n) is 9.43. The number of esters is 1. The molecule has 7 nitrogen and oxygen atoms in total. The summed E-state index contributed by atoms with van der Waals surface area (Å²) < 4.78 is 18.3. The highest BCUT2D eigenvalue weighted by Crippen LogP contribution is 2.20. The number of rotatable bonds is 8. The number of ether oxygens (including phenoxy) is 1. The van der Waals surface area contributed by atoms with Gasteiger partial charge >= 0.3 is 5.97 Å². The van der Waals surface area contributed by atoms with Crippen molar-refractivity contribution in [1.82, 2.24) is 4.98 Å². The van der Waals surface area contributed by atoms with Gasteiger partial charge in [-0.1, -0.05) is 6.07 Å². The molecule has 0 radical (unpaired) electrons. The van der Waals surface area contributed by atoms with E-state index in [-0.39, 0.29) is 24.8 Å². The number of carbonyl (C=O) groups excluding carboxylic acids is 3. The maximum atomic E-state index is 13.2. The molecule has 1 aromatic carbocycles. The second-order valence-electron chi connectivity index (χ2n) is 7.01. The minimum absolute atomic E-state index is 0.0207. The van der Waals surface area contributed by atoms with Crippen molar-refractivity contribution in [3.63, 3.8) is 0 Å². The number of ketones is 1. The quantitative estimate of drug-likeness (QED) is 0.461. The van der Waals surface area contributed by atoms with Crippen LogP contribution in [0.15, 0.2) is 24.3 Å². The largest absolute Gasteiger partial charge is 0.462 e. The molecule has 2 rings (SSSR count). The molecule has 1 aromatic heterocycles. The molecule has 0 saturated carbocycles. The van der Waals surface area contributed by atoms with Gasteiger partial charge in [-0.3, -0.25) is 9.59 Å². The number of aryl methyl sites for hydroxylation is 1. The first kappa shape index (κ1) is 22.3. The van der Waals surface area contributed by atoms with Crippen LogP contribution in [-0.2, 0) is 9.53 Å². The third-order valence-electron chi connectivity index (χ3n) is 4.84. The highest BCUT2D eigenvalue weighted by molar-refractivity contribution is 6.03. The van der Waals surface area contributed by atoms with E-state index in [0.29, 0.717) is 33.1 Å². The molecule has 29 heavy (non-hydrogen) atoms. The van der Waals surface area contributed by atoms with Crippen molar-refractivity contribution in [2.75, 3.05) is 25.5 Å². The van der Waals surface area contributed by atoms with Crippen molar-refractivity contribution in [2.24, 2.45) is 0 Å². The monoisotopic (exact) mass is 404 g/mol. The molecular formula is C21H27FN3O4+. The van der Waals surface area contributed by atoms with Crippen LogP contribution in [0.2, 0.25) is 0 Å². The van der Waals surface area contributed by atoms with Gasteiger partial charge in [0.15, 0.2) is 12.6 Å². The Bertz CT molecular complexity index is 923. The number of H-pyrrole nitrogens is 1. The lowest BCUT2D eigenvalue weighted by molar-refractivity contribution is -0.885. The molecule has 0 aliphatic rings. The number of hydrogen-bond acceptors (Lipinski definition) is 4. The molecule has 2 aromatic rings. The van der Waals surface area contributed by atoms with E-state index in [1.54, 1.807) is 40.8 Å². The number of halogens is 1. The van der Waals surface area contributed by atoms with Gasteiger partial charge < -0.3 is 19.9 Å². The molecule has 0 saturated heterocycles. The fraction of sp³-hybridized carbons (Fsp3) is 0.381. The lowest BCUT2D eigenvalue weighted by Crippen LogP contribution is -3.14. The Balaban J connectivity index is 2.08. The molecule has 2 atom stereocenters. The molecule has 0 bridgehead atoms. The van der Waals surface area contributed by atoms with Gasteiger partial charge in [-0.05, 0) is 51.5 Å². The van der Waals surface area contributed by atoms with Crippen LogP contribution < -0.4 is 10.2 Å². The molecule has 0 spiro atoms. The molecular weight excluding hydrogens is 377 g/mol. The van der Waals surface area contributed by atoms with Crippen LogP contribution in [0, 0.1) is 19.7 Å². The van der Waals surface area contributed by atoms with Crippen molar-refractivity contribution in [2.45, 2.75) is 33.7 Å². The molecule has 1 heterocycles. The summed E-state index contributed by atoms with van der Waals surface area (Å²) in [5, 5.41) is 2.62. The summed E-state index contributed by atoms with van der Waals surface area (Å²) in [7, 11) is 1.73. The number of quaternary nitrogens is 1. The zero-order valence-electron chi connectivity index (χ0n) is 17.3. The van der Waals surface area contributed by atoms with Gasteiger partial charge in [-0.15, -0.1) is 0 Å². The number of aromatic nitrogens is 1. The maximum absolute atomic E-state index is 13.2. The van der Waals surface area contributed by atoms with Gasteiger partial charge in [-0.25, -0.2) is 9.18 Å². The van der Waals surface area contributed by atoms with Crippen LogP contribution >= 0.6 is 0 Å². The van der Waals surface area contributed by atoms with Crippen molar-refractivity contribution in [1.29, 1.82) is 0 Å². The van der Waals surface area contributed by atoms with E-state index in [9.17, 15) is 18.8 Å². The van der Waals surface area contributed by atoms with Crippen LogP contribution in [0.25, 0.3) is 0 Å². The Labute approximate surface area is 169 Å². The van der Waals surface area contributed by atoms with Gasteiger partial charge in [-0.2, -0.15) is 0 Å². The average molecular weight is 404 g/mol. The van der Waals surface area contributed by atoms with Gasteiger partial charge in [0, 0.05) is 11.4 Å². The number of nitrogens with one attached hydrogen (secondary N) is 3. The van der Waals surface area contributed by atoms with Crippen molar-refractivity contribution in [3.05, 3.63) is 52.6 Å². The fourth-order valence-electron chi connectivity index (χ4n) is 3.12. The molecule has 0 aliphatic carbocycles. The molecule has 156 valence electrons. The molecule has 3 N–H and O–H groups in total. The molecule has 0 aliphatic heterocycles.